The zero-order valence-electron chi connectivity index (χ0n) is 10.6. The molecule has 0 aliphatic carbocycles. The molecule has 0 spiro atoms. The van der Waals surface area contributed by atoms with Crippen molar-refractivity contribution >= 4 is 10.0 Å². The Balaban J connectivity index is 2.20. The number of aryl methyl sites for hydroxylation is 2. The van der Waals surface area contributed by atoms with E-state index in [0.29, 0.717) is 22.8 Å². The van der Waals surface area contributed by atoms with Gasteiger partial charge in [0.15, 0.2) is 0 Å². The maximum absolute atomic E-state index is 12.2. The van der Waals surface area contributed by atoms with Crippen molar-refractivity contribution in [1.29, 1.82) is 0 Å². The second-order valence-corrected chi connectivity index (χ2v) is 5.79. The number of sulfonamides is 1. The first kappa shape index (κ1) is 13.7. The Kier molecular flexibility index (Phi) is 3.69. The summed E-state index contributed by atoms with van der Waals surface area (Å²) in [6.07, 6.45) is 0. The average Bonchev–Trinajstić information content (AvgIpc) is 2.93. The lowest BCUT2D eigenvalue weighted by Gasteiger charge is -2.05. The van der Waals surface area contributed by atoms with Crippen LogP contribution >= 0.6 is 0 Å². The third-order valence-electron chi connectivity index (χ3n) is 2.54. The molecule has 0 aliphatic heterocycles. The van der Waals surface area contributed by atoms with E-state index in [1.807, 2.05) is 0 Å². The molecule has 0 aromatic carbocycles. The van der Waals surface area contributed by atoms with Gasteiger partial charge in [0.05, 0.1) is 23.6 Å². The van der Waals surface area contributed by atoms with E-state index >= 15 is 0 Å². The van der Waals surface area contributed by atoms with Gasteiger partial charge in [-0.1, -0.05) is 5.16 Å². The summed E-state index contributed by atoms with van der Waals surface area (Å²) in [4.78, 5) is 0.0928. The molecular formula is C10H15N5O3S. The molecule has 2 rings (SSSR count). The maximum atomic E-state index is 12.2. The summed E-state index contributed by atoms with van der Waals surface area (Å²) in [6.45, 7) is 3.46. The van der Waals surface area contributed by atoms with E-state index in [2.05, 4.69) is 20.1 Å². The first-order chi connectivity index (χ1) is 8.94. The normalized spacial score (nSPS) is 11.9. The van der Waals surface area contributed by atoms with Gasteiger partial charge in [-0.15, -0.1) is 0 Å². The number of aromatic amines is 1. The van der Waals surface area contributed by atoms with Crippen LogP contribution in [0.1, 0.15) is 22.8 Å². The number of nitrogens with two attached hydrogens (primary N) is 1. The molecule has 0 aliphatic rings. The molecule has 0 fully saturated rings. The van der Waals surface area contributed by atoms with Crippen molar-refractivity contribution in [2.75, 3.05) is 0 Å². The van der Waals surface area contributed by atoms with Gasteiger partial charge < -0.3 is 10.3 Å². The number of rotatable bonds is 5. The number of hydrogen-bond acceptors (Lipinski definition) is 6. The van der Waals surface area contributed by atoms with Crippen LogP contribution in [0.2, 0.25) is 0 Å². The molecule has 104 valence electrons. The van der Waals surface area contributed by atoms with E-state index < -0.39 is 10.0 Å². The van der Waals surface area contributed by atoms with Crippen molar-refractivity contribution in [3.05, 3.63) is 28.9 Å². The highest BCUT2D eigenvalue weighted by atomic mass is 32.2. The van der Waals surface area contributed by atoms with Crippen LogP contribution in [-0.2, 0) is 23.1 Å². The molecule has 0 saturated heterocycles. The minimum absolute atomic E-state index is 0.0453. The molecule has 0 saturated carbocycles. The van der Waals surface area contributed by atoms with Crippen LogP contribution in [0.3, 0.4) is 0 Å². The fourth-order valence-electron chi connectivity index (χ4n) is 1.71. The Morgan fingerprint density at radius 2 is 2.21 bits per heavy atom. The van der Waals surface area contributed by atoms with Crippen molar-refractivity contribution in [3.8, 4) is 0 Å². The molecule has 4 N–H and O–H groups in total. The van der Waals surface area contributed by atoms with Gasteiger partial charge in [0.1, 0.15) is 10.7 Å². The third kappa shape index (κ3) is 2.83. The summed E-state index contributed by atoms with van der Waals surface area (Å²) in [5.74, 6) is 0.622. The van der Waals surface area contributed by atoms with Crippen LogP contribution < -0.4 is 10.5 Å². The molecular weight excluding hydrogens is 270 g/mol. The van der Waals surface area contributed by atoms with E-state index in [4.69, 9.17) is 10.3 Å². The van der Waals surface area contributed by atoms with Crippen molar-refractivity contribution in [2.24, 2.45) is 5.73 Å². The number of nitrogens with zero attached hydrogens (tertiary/aromatic N) is 2. The van der Waals surface area contributed by atoms with Gasteiger partial charge >= 0.3 is 0 Å². The minimum atomic E-state index is -3.68. The molecule has 0 radical (unpaired) electrons. The topological polar surface area (TPSA) is 127 Å². The fourth-order valence-corrected chi connectivity index (χ4v) is 3.08. The molecule has 9 heteroatoms. The highest BCUT2D eigenvalue weighted by Crippen LogP contribution is 2.17. The van der Waals surface area contributed by atoms with Crippen LogP contribution in [0, 0.1) is 13.8 Å². The van der Waals surface area contributed by atoms with Crippen LogP contribution in [0.15, 0.2) is 15.5 Å². The lowest BCUT2D eigenvalue weighted by atomic mass is 10.4. The monoisotopic (exact) mass is 285 g/mol. The van der Waals surface area contributed by atoms with Gasteiger partial charge in [0.25, 0.3) is 0 Å². The van der Waals surface area contributed by atoms with Crippen LogP contribution in [0.4, 0.5) is 0 Å². The maximum Gasteiger partial charge on any atom is 0.244 e. The zero-order chi connectivity index (χ0) is 14.0. The average molecular weight is 285 g/mol. The number of H-pyrrole nitrogens is 1. The minimum Gasteiger partial charge on any atom is -0.361 e. The van der Waals surface area contributed by atoms with Gasteiger partial charge in [0, 0.05) is 12.6 Å². The van der Waals surface area contributed by atoms with Crippen LogP contribution in [-0.4, -0.2) is 23.8 Å². The number of aromatic nitrogens is 3. The van der Waals surface area contributed by atoms with Crippen LogP contribution in [0.25, 0.3) is 0 Å². The fraction of sp³-hybridized carbons (Fsp3) is 0.400. The van der Waals surface area contributed by atoms with E-state index in [9.17, 15) is 8.42 Å². The standard InChI is InChI=1S/C10H15N5O3S/c1-6-3-8(15-18-6)5-12-19(16,17)10-7(2)13-14-9(10)4-11/h3,12H,4-5,11H2,1-2H3,(H,13,14). The molecule has 0 amide bonds. The first-order valence-electron chi connectivity index (χ1n) is 5.60. The molecule has 19 heavy (non-hydrogen) atoms. The number of nitrogens with one attached hydrogen (secondary N) is 2. The van der Waals surface area contributed by atoms with Crippen molar-refractivity contribution < 1.29 is 12.9 Å². The van der Waals surface area contributed by atoms with E-state index in [1.165, 1.54) is 0 Å². The highest BCUT2D eigenvalue weighted by Gasteiger charge is 2.23. The van der Waals surface area contributed by atoms with Gasteiger partial charge in [0.2, 0.25) is 10.0 Å². The summed E-state index contributed by atoms with van der Waals surface area (Å²) in [6, 6.07) is 1.66. The van der Waals surface area contributed by atoms with Gasteiger partial charge in [-0.2, -0.15) is 5.10 Å². The zero-order valence-corrected chi connectivity index (χ0v) is 11.4. The second-order valence-electron chi connectivity index (χ2n) is 4.08. The summed E-state index contributed by atoms with van der Waals surface area (Å²) >= 11 is 0. The Labute approximate surface area is 110 Å². The lowest BCUT2D eigenvalue weighted by Crippen LogP contribution is -2.25. The quantitative estimate of drug-likeness (QED) is 0.707. The van der Waals surface area contributed by atoms with Gasteiger partial charge in [-0.25, -0.2) is 13.1 Å². The van der Waals surface area contributed by atoms with Crippen molar-refractivity contribution in [2.45, 2.75) is 31.8 Å². The molecule has 0 bridgehead atoms. The Hall–Kier alpha value is -1.71. The number of hydrogen-bond donors (Lipinski definition) is 3. The third-order valence-corrected chi connectivity index (χ3v) is 4.15. The highest BCUT2D eigenvalue weighted by molar-refractivity contribution is 7.89. The van der Waals surface area contributed by atoms with E-state index in [1.54, 1.807) is 19.9 Å². The Morgan fingerprint density at radius 3 is 2.79 bits per heavy atom. The summed E-state index contributed by atoms with van der Waals surface area (Å²) in [5, 5.41) is 10.2. The molecule has 8 nitrogen and oxygen atoms in total. The Morgan fingerprint density at radius 1 is 1.47 bits per heavy atom. The Bertz CT molecular complexity index is 673. The smallest absolute Gasteiger partial charge is 0.244 e. The lowest BCUT2D eigenvalue weighted by molar-refractivity contribution is 0.390. The molecule has 2 heterocycles. The summed E-state index contributed by atoms with van der Waals surface area (Å²) < 4.78 is 31.7. The van der Waals surface area contributed by atoms with E-state index in [-0.39, 0.29) is 18.0 Å². The predicted molar refractivity (Wildman–Crippen MR) is 66.5 cm³/mol. The van der Waals surface area contributed by atoms with Crippen molar-refractivity contribution in [3.63, 3.8) is 0 Å². The predicted octanol–water partition coefficient (Wildman–Crippen LogP) is -0.0483. The second kappa shape index (κ2) is 5.11. The molecule has 2 aromatic rings. The summed E-state index contributed by atoms with van der Waals surface area (Å²) in [7, 11) is -3.68. The SMILES string of the molecule is Cc1cc(CNS(=O)(=O)c2c(CN)n[nH]c2C)no1. The largest absolute Gasteiger partial charge is 0.361 e. The van der Waals surface area contributed by atoms with Crippen LogP contribution in [0.5, 0.6) is 0 Å². The molecule has 0 atom stereocenters. The first-order valence-corrected chi connectivity index (χ1v) is 7.08. The van der Waals surface area contributed by atoms with E-state index in [0.717, 1.165) is 0 Å². The molecule has 2 aromatic heterocycles. The summed E-state index contributed by atoms with van der Waals surface area (Å²) in [5.41, 5.74) is 6.74. The van der Waals surface area contributed by atoms with Gasteiger partial charge in [-0.3, -0.25) is 5.10 Å². The molecule has 0 unspecified atom stereocenters. The van der Waals surface area contributed by atoms with Gasteiger partial charge in [-0.05, 0) is 13.8 Å². The van der Waals surface area contributed by atoms with Crippen molar-refractivity contribution in [1.82, 2.24) is 20.1 Å².